The SMILES string of the molecule is COc1cc2c(cc1CNC(=O)c1ccnc(C(C)C)n1)CCC2. The molecule has 5 heteroatoms. The molecule has 5 nitrogen and oxygen atoms in total. The lowest BCUT2D eigenvalue weighted by Crippen LogP contribution is -2.24. The van der Waals surface area contributed by atoms with E-state index in [0.717, 1.165) is 24.2 Å². The molecule has 1 aromatic heterocycles. The summed E-state index contributed by atoms with van der Waals surface area (Å²) in [5.74, 6) is 1.51. The molecule has 1 aromatic carbocycles. The lowest BCUT2D eigenvalue weighted by atomic mass is 10.0. The minimum absolute atomic E-state index is 0.189. The molecular formula is C19H23N3O2. The largest absolute Gasteiger partial charge is 0.496 e. The molecule has 2 aromatic rings. The van der Waals surface area contributed by atoms with Crippen LogP contribution in [0.15, 0.2) is 24.4 Å². The maximum atomic E-state index is 12.4. The van der Waals surface area contributed by atoms with Gasteiger partial charge in [-0.1, -0.05) is 19.9 Å². The number of rotatable bonds is 5. The Balaban J connectivity index is 1.74. The third-order valence-corrected chi connectivity index (χ3v) is 4.36. The van der Waals surface area contributed by atoms with Gasteiger partial charge in [0, 0.05) is 24.2 Å². The second kappa shape index (κ2) is 6.99. The van der Waals surface area contributed by atoms with Crippen LogP contribution in [0, 0.1) is 0 Å². The van der Waals surface area contributed by atoms with Gasteiger partial charge in [-0.2, -0.15) is 0 Å². The summed E-state index contributed by atoms with van der Waals surface area (Å²) < 4.78 is 5.48. The second-order valence-corrected chi connectivity index (χ2v) is 6.42. The van der Waals surface area contributed by atoms with E-state index in [-0.39, 0.29) is 11.8 Å². The van der Waals surface area contributed by atoms with Gasteiger partial charge in [0.25, 0.3) is 5.91 Å². The van der Waals surface area contributed by atoms with Crippen LogP contribution in [0.3, 0.4) is 0 Å². The zero-order chi connectivity index (χ0) is 17.1. The molecule has 0 atom stereocenters. The standard InChI is InChI=1S/C19H23N3O2/c1-12(2)18-20-8-7-16(22-18)19(23)21-11-15-9-13-5-4-6-14(13)10-17(15)24-3/h7-10,12H,4-6,11H2,1-3H3,(H,21,23). The van der Waals surface area contributed by atoms with Gasteiger partial charge in [-0.05, 0) is 42.5 Å². The zero-order valence-electron chi connectivity index (χ0n) is 14.4. The highest BCUT2D eigenvalue weighted by atomic mass is 16.5. The first-order chi connectivity index (χ1) is 11.6. The van der Waals surface area contributed by atoms with Crippen LogP contribution >= 0.6 is 0 Å². The van der Waals surface area contributed by atoms with Crippen molar-refractivity contribution in [3.05, 3.63) is 52.6 Å². The summed E-state index contributed by atoms with van der Waals surface area (Å²) in [6.07, 6.45) is 5.03. The van der Waals surface area contributed by atoms with Crippen molar-refractivity contribution in [1.82, 2.24) is 15.3 Å². The number of ether oxygens (including phenoxy) is 1. The highest BCUT2D eigenvalue weighted by Crippen LogP contribution is 2.29. The van der Waals surface area contributed by atoms with Gasteiger partial charge in [-0.25, -0.2) is 9.97 Å². The zero-order valence-corrected chi connectivity index (χ0v) is 14.4. The number of nitrogens with zero attached hydrogens (tertiary/aromatic N) is 2. The van der Waals surface area contributed by atoms with Crippen LogP contribution in [0.1, 0.15) is 59.2 Å². The number of carbonyl (C=O) groups excluding carboxylic acids is 1. The molecule has 0 spiro atoms. The van der Waals surface area contributed by atoms with Crippen molar-refractivity contribution >= 4 is 5.91 Å². The monoisotopic (exact) mass is 325 g/mol. The van der Waals surface area contributed by atoms with Crippen LogP contribution in [0.25, 0.3) is 0 Å². The molecule has 0 aliphatic heterocycles. The van der Waals surface area contributed by atoms with Gasteiger partial charge in [0.15, 0.2) is 0 Å². The van der Waals surface area contributed by atoms with Crippen LogP contribution in [-0.4, -0.2) is 23.0 Å². The quantitative estimate of drug-likeness (QED) is 0.918. The van der Waals surface area contributed by atoms with Crippen molar-refractivity contribution in [3.8, 4) is 5.75 Å². The smallest absolute Gasteiger partial charge is 0.270 e. The first-order valence-electron chi connectivity index (χ1n) is 8.38. The van der Waals surface area contributed by atoms with Crippen LogP contribution in [0.5, 0.6) is 5.75 Å². The van der Waals surface area contributed by atoms with E-state index < -0.39 is 0 Å². The molecule has 0 saturated heterocycles. The first-order valence-corrected chi connectivity index (χ1v) is 8.38. The topological polar surface area (TPSA) is 64.1 Å². The predicted octanol–water partition coefficient (Wildman–Crippen LogP) is 3.03. The summed E-state index contributed by atoms with van der Waals surface area (Å²) in [6.45, 7) is 4.44. The molecule has 3 rings (SSSR count). The Kier molecular flexibility index (Phi) is 4.79. The van der Waals surface area contributed by atoms with E-state index in [4.69, 9.17) is 4.74 Å². The van der Waals surface area contributed by atoms with Gasteiger partial charge in [0.1, 0.15) is 17.3 Å². The van der Waals surface area contributed by atoms with Gasteiger partial charge in [-0.3, -0.25) is 4.79 Å². The number of hydrogen-bond donors (Lipinski definition) is 1. The minimum atomic E-state index is -0.193. The van der Waals surface area contributed by atoms with Crippen LogP contribution in [0.2, 0.25) is 0 Å². The fraction of sp³-hybridized carbons (Fsp3) is 0.421. The maximum Gasteiger partial charge on any atom is 0.270 e. The Morgan fingerprint density at radius 1 is 1.29 bits per heavy atom. The number of fused-ring (bicyclic) bond motifs is 1. The number of amides is 1. The van der Waals surface area contributed by atoms with E-state index in [1.165, 1.54) is 17.5 Å². The lowest BCUT2D eigenvalue weighted by molar-refractivity contribution is 0.0945. The summed E-state index contributed by atoms with van der Waals surface area (Å²) in [4.78, 5) is 20.9. The third kappa shape index (κ3) is 3.40. The molecule has 0 unspecified atom stereocenters. The number of carbonyl (C=O) groups is 1. The molecule has 0 bridgehead atoms. The fourth-order valence-electron chi connectivity index (χ4n) is 3.03. The molecule has 1 aliphatic rings. The second-order valence-electron chi connectivity index (χ2n) is 6.42. The van der Waals surface area contributed by atoms with Crippen molar-refractivity contribution in [2.24, 2.45) is 0 Å². The molecule has 126 valence electrons. The molecule has 1 heterocycles. The maximum absolute atomic E-state index is 12.4. The van der Waals surface area contributed by atoms with E-state index in [1.54, 1.807) is 19.4 Å². The van der Waals surface area contributed by atoms with Crippen molar-refractivity contribution in [3.63, 3.8) is 0 Å². The molecule has 1 amide bonds. The number of aromatic nitrogens is 2. The first kappa shape index (κ1) is 16.4. The number of benzene rings is 1. The van der Waals surface area contributed by atoms with Crippen molar-refractivity contribution in [2.75, 3.05) is 7.11 Å². The number of nitrogens with one attached hydrogen (secondary N) is 1. The predicted molar refractivity (Wildman–Crippen MR) is 92.3 cm³/mol. The Morgan fingerprint density at radius 3 is 2.75 bits per heavy atom. The molecule has 1 aliphatic carbocycles. The van der Waals surface area contributed by atoms with Crippen molar-refractivity contribution < 1.29 is 9.53 Å². The molecule has 0 fully saturated rings. The number of aryl methyl sites for hydroxylation is 2. The van der Waals surface area contributed by atoms with Gasteiger partial charge in [0.2, 0.25) is 0 Å². The average Bonchev–Trinajstić information content (AvgIpc) is 3.06. The Labute approximate surface area is 142 Å². The van der Waals surface area contributed by atoms with Crippen molar-refractivity contribution in [2.45, 2.75) is 45.6 Å². The van der Waals surface area contributed by atoms with Crippen molar-refractivity contribution in [1.29, 1.82) is 0 Å². The highest BCUT2D eigenvalue weighted by Gasteiger charge is 2.16. The summed E-state index contributed by atoms with van der Waals surface area (Å²) in [5.41, 5.74) is 4.13. The van der Waals surface area contributed by atoms with Crippen LogP contribution < -0.4 is 10.1 Å². The molecular weight excluding hydrogens is 302 g/mol. The number of hydrogen-bond acceptors (Lipinski definition) is 4. The molecule has 24 heavy (non-hydrogen) atoms. The third-order valence-electron chi connectivity index (χ3n) is 4.36. The minimum Gasteiger partial charge on any atom is -0.496 e. The summed E-state index contributed by atoms with van der Waals surface area (Å²) in [5, 5.41) is 2.94. The Morgan fingerprint density at radius 2 is 2.04 bits per heavy atom. The van der Waals surface area contributed by atoms with E-state index in [1.807, 2.05) is 13.8 Å². The van der Waals surface area contributed by atoms with Crippen LogP contribution in [0.4, 0.5) is 0 Å². The van der Waals surface area contributed by atoms with E-state index in [2.05, 4.69) is 27.4 Å². The Hall–Kier alpha value is -2.43. The van der Waals surface area contributed by atoms with Crippen LogP contribution in [-0.2, 0) is 19.4 Å². The normalized spacial score (nSPS) is 13.0. The van der Waals surface area contributed by atoms with Gasteiger partial charge in [-0.15, -0.1) is 0 Å². The van der Waals surface area contributed by atoms with E-state index >= 15 is 0 Å². The lowest BCUT2D eigenvalue weighted by Gasteiger charge is -2.13. The van der Waals surface area contributed by atoms with E-state index in [9.17, 15) is 4.79 Å². The molecule has 0 radical (unpaired) electrons. The summed E-state index contributed by atoms with van der Waals surface area (Å²) in [6, 6.07) is 5.90. The molecule has 0 saturated carbocycles. The number of methoxy groups -OCH3 is 1. The summed E-state index contributed by atoms with van der Waals surface area (Å²) >= 11 is 0. The van der Waals surface area contributed by atoms with Gasteiger partial charge >= 0.3 is 0 Å². The summed E-state index contributed by atoms with van der Waals surface area (Å²) in [7, 11) is 1.67. The van der Waals surface area contributed by atoms with E-state index in [0.29, 0.717) is 18.1 Å². The Bertz CT molecular complexity index is 756. The van der Waals surface area contributed by atoms with Gasteiger partial charge < -0.3 is 10.1 Å². The average molecular weight is 325 g/mol. The van der Waals surface area contributed by atoms with Gasteiger partial charge in [0.05, 0.1) is 7.11 Å². The highest BCUT2D eigenvalue weighted by molar-refractivity contribution is 5.92. The fourth-order valence-corrected chi connectivity index (χ4v) is 3.03. The molecule has 1 N–H and O–H groups in total.